The van der Waals surface area contributed by atoms with Gasteiger partial charge in [0.25, 0.3) is 0 Å². The van der Waals surface area contributed by atoms with E-state index in [0.29, 0.717) is 0 Å². The minimum absolute atomic E-state index is 0.289. The maximum absolute atomic E-state index is 8.35. The van der Waals surface area contributed by atoms with Gasteiger partial charge in [-0.15, -0.1) is 0 Å². The zero-order chi connectivity index (χ0) is 16.1. The lowest BCUT2D eigenvalue weighted by Gasteiger charge is -2.21. The lowest BCUT2D eigenvalue weighted by atomic mass is 10.1. The van der Waals surface area contributed by atoms with Crippen LogP contribution in [0.5, 0.6) is 0 Å². The third-order valence-corrected chi connectivity index (χ3v) is 4.10. The molecule has 0 saturated carbocycles. The molecule has 0 atom stereocenters. The van der Waals surface area contributed by atoms with Crippen molar-refractivity contribution in [2.45, 2.75) is 3.23 Å². The SMILES string of the molecule is BrC(Br)(c1ccccc1)c1ccccc1.N=C=O.N=C=O. The van der Waals surface area contributed by atoms with Gasteiger partial charge in [-0.3, -0.25) is 0 Å². The first-order chi connectivity index (χ1) is 10.0. The van der Waals surface area contributed by atoms with Crippen molar-refractivity contribution in [3.8, 4) is 0 Å². The Morgan fingerprint density at radius 1 is 0.714 bits per heavy atom. The second kappa shape index (κ2) is 10.9. The van der Waals surface area contributed by atoms with Crippen molar-refractivity contribution in [1.82, 2.24) is 0 Å². The molecular weight excluding hydrogens is 400 g/mol. The summed E-state index contributed by atoms with van der Waals surface area (Å²) in [6.45, 7) is 0. The summed E-state index contributed by atoms with van der Waals surface area (Å²) in [6, 6.07) is 20.6. The number of nitrogens with one attached hydrogen (secondary N) is 2. The van der Waals surface area contributed by atoms with Crippen LogP contribution in [0.15, 0.2) is 60.7 Å². The number of alkyl halides is 2. The van der Waals surface area contributed by atoms with Crippen molar-refractivity contribution in [2.24, 2.45) is 0 Å². The molecule has 4 nitrogen and oxygen atoms in total. The molecule has 2 N–H and O–H groups in total. The van der Waals surface area contributed by atoms with Gasteiger partial charge in [0.1, 0.15) is 3.23 Å². The summed E-state index contributed by atoms with van der Waals surface area (Å²) in [7, 11) is 0. The molecule has 0 radical (unpaired) electrons. The number of hydrogen-bond acceptors (Lipinski definition) is 4. The molecule has 2 aromatic rings. The van der Waals surface area contributed by atoms with E-state index in [2.05, 4.69) is 56.1 Å². The molecule has 108 valence electrons. The highest BCUT2D eigenvalue weighted by Gasteiger charge is 2.26. The Morgan fingerprint density at radius 3 is 1.19 bits per heavy atom. The normalized spacial score (nSPS) is 8.86. The Kier molecular flexibility index (Phi) is 9.94. The first-order valence-corrected chi connectivity index (χ1v) is 7.19. The summed E-state index contributed by atoms with van der Waals surface area (Å²) >= 11 is 7.43. The molecule has 0 amide bonds. The molecule has 0 spiro atoms. The molecule has 0 bridgehead atoms. The van der Waals surface area contributed by atoms with Crippen molar-refractivity contribution in [1.29, 1.82) is 10.8 Å². The Labute approximate surface area is 139 Å². The molecule has 2 aromatic carbocycles. The van der Waals surface area contributed by atoms with Crippen molar-refractivity contribution >= 4 is 44.0 Å². The van der Waals surface area contributed by atoms with E-state index in [4.69, 9.17) is 20.4 Å². The fourth-order valence-electron chi connectivity index (χ4n) is 1.46. The first-order valence-electron chi connectivity index (χ1n) is 5.61. The highest BCUT2D eigenvalue weighted by Crippen LogP contribution is 2.44. The highest BCUT2D eigenvalue weighted by molar-refractivity contribution is 9.25. The highest BCUT2D eigenvalue weighted by atomic mass is 79.9. The van der Waals surface area contributed by atoms with Gasteiger partial charge in [-0.2, -0.15) is 0 Å². The maximum atomic E-state index is 8.35. The van der Waals surface area contributed by atoms with Gasteiger partial charge in [0.15, 0.2) is 0 Å². The quantitative estimate of drug-likeness (QED) is 0.433. The van der Waals surface area contributed by atoms with Crippen LogP contribution in [-0.4, -0.2) is 12.2 Å². The Bertz CT molecular complexity index is 536. The fourth-order valence-corrected chi connectivity index (χ4v) is 2.52. The van der Waals surface area contributed by atoms with Gasteiger partial charge in [0.2, 0.25) is 12.2 Å². The Morgan fingerprint density at radius 2 is 0.952 bits per heavy atom. The summed E-state index contributed by atoms with van der Waals surface area (Å²) in [5.41, 5.74) is 2.38. The molecule has 0 unspecified atom stereocenters. The van der Waals surface area contributed by atoms with Gasteiger partial charge in [-0.05, 0) is 11.1 Å². The third-order valence-electron chi connectivity index (χ3n) is 2.27. The predicted molar refractivity (Wildman–Crippen MR) is 88.3 cm³/mol. The fraction of sp³-hybridized carbons (Fsp3) is 0.0667. The number of hydrogen-bond donors (Lipinski definition) is 2. The third kappa shape index (κ3) is 6.93. The second-order valence-corrected chi connectivity index (χ2v) is 6.95. The van der Waals surface area contributed by atoms with E-state index in [1.807, 2.05) is 36.4 Å². The molecule has 0 fully saturated rings. The molecule has 0 aliphatic rings. The molecule has 0 aliphatic carbocycles. The molecule has 2 rings (SSSR count). The predicted octanol–water partition coefficient (Wildman–Crippen LogP) is 4.48. The standard InChI is InChI=1S/C13H10Br2.2CHNO/c14-13(15,11-7-3-1-4-8-11)12-9-5-2-6-10-12;2*2-1-3/h1-10H;2*2H. The largest absolute Gasteiger partial charge is 0.231 e. The van der Waals surface area contributed by atoms with Crippen LogP contribution in [-0.2, 0) is 12.8 Å². The van der Waals surface area contributed by atoms with Crippen LogP contribution in [0.3, 0.4) is 0 Å². The Balaban J connectivity index is 0.000000578. The minimum atomic E-state index is -0.289. The number of halogens is 2. The average molecular weight is 412 g/mol. The smallest absolute Gasteiger partial charge is 0.222 e. The summed E-state index contributed by atoms with van der Waals surface area (Å²) in [4.78, 5) is 16.7. The van der Waals surface area contributed by atoms with Gasteiger partial charge in [-0.1, -0.05) is 92.5 Å². The number of carbonyl (C=O) groups excluding carboxylic acids is 2. The number of benzene rings is 2. The second-order valence-electron chi connectivity index (χ2n) is 3.51. The van der Waals surface area contributed by atoms with E-state index >= 15 is 0 Å². The summed E-state index contributed by atoms with van der Waals surface area (Å²) in [6.07, 6.45) is 1.50. The minimum Gasteiger partial charge on any atom is -0.222 e. The van der Waals surface area contributed by atoms with Gasteiger partial charge < -0.3 is 0 Å². The first kappa shape index (κ1) is 19.2. The summed E-state index contributed by atoms with van der Waals surface area (Å²) < 4.78 is -0.289. The molecule has 0 aromatic heterocycles. The molecule has 21 heavy (non-hydrogen) atoms. The van der Waals surface area contributed by atoms with E-state index in [-0.39, 0.29) is 3.23 Å². The zero-order valence-electron chi connectivity index (χ0n) is 10.8. The van der Waals surface area contributed by atoms with Gasteiger partial charge >= 0.3 is 0 Å². The van der Waals surface area contributed by atoms with Crippen LogP contribution < -0.4 is 0 Å². The van der Waals surface area contributed by atoms with E-state index in [1.54, 1.807) is 0 Å². The van der Waals surface area contributed by atoms with Crippen LogP contribution in [0, 0.1) is 10.8 Å². The number of isocyanates is 2. The molecule has 6 heteroatoms. The molecule has 0 heterocycles. The zero-order valence-corrected chi connectivity index (χ0v) is 14.0. The lowest BCUT2D eigenvalue weighted by molar-refractivity contribution is 0.562. The molecular formula is C15H12Br2N2O2. The molecule has 0 aliphatic heterocycles. The summed E-state index contributed by atoms with van der Waals surface area (Å²) in [5, 5.41) is 10.8. The van der Waals surface area contributed by atoms with Gasteiger partial charge in [-0.25, -0.2) is 20.4 Å². The van der Waals surface area contributed by atoms with Gasteiger partial charge in [0, 0.05) is 0 Å². The van der Waals surface area contributed by atoms with Gasteiger partial charge in [0.05, 0.1) is 0 Å². The average Bonchev–Trinajstić information content (AvgIpc) is 2.51. The van der Waals surface area contributed by atoms with Crippen LogP contribution >= 0.6 is 31.9 Å². The van der Waals surface area contributed by atoms with Crippen molar-refractivity contribution < 1.29 is 9.59 Å². The molecule has 0 saturated heterocycles. The monoisotopic (exact) mass is 410 g/mol. The van der Waals surface area contributed by atoms with Crippen LogP contribution in [0.2, 0.25) is 0 Å². The van der Waals surface area contributed by atoms with Crippen molar-refractivity contribution in [3.05, 3.63) is 71.8 Å². The van der Waals surface area contributed by atoms with E-state index in [0.717, 1.165) is 12.2 Å². The van der Waals surface area contributed by atoms with Crippen LogP contribution in [0.25, 0.3) is 0 Å². The van der Waals surface area contributed by atoms with Crippen molar-refractivity contribution in [3.63, 3.8) is 0 Å². The maximum Gasteiger partial charge on any atom is 0.231 e. The van der Waals surface area contributed by atoms with Crippen molar-refractivity contribution in [2.75, 3.05) is 0 Å². The topological polar surface area (TPSA) is 81.8 Å². The Hall–Kier alpha value is -1.84. The summed E-state index contributed by atoms with van der Waals surface area (Å²) in [5.74, 6) is 0. The van der Waals surface area contributed by atoms with E-state index in [1.165, 1.54) is 11.1 Å². The number of rotatable bonds is 2. The van der Waals surface area contributed by atoms with E-state index in [9.17, 15) is 0 Å². The van der Waals surface area contributed by atoms with Crippen LogP contribution in [0.4, 0.5) is 0 Å². The van der Waals surface area contributed by atoms with E-state index < -0.39 is 0 Å². The van der Waals surface area contributed by atoms with Crippen LogP contribution in [0.1, 0.15) is 11.1 Å². The lowest BCUT2D eigenvalue weighted by Crippen LogP contribution is -2.10.